The van der Waals surface area contributed by atoms with Crippen molar-refractivity contribution >= 4 is 11.6 Å². The molecule has 0 fully saturated rings. The van der Waals surface area contributed by atoms with Gasteiger partial charge in [0.15, 0.2) is 5.82 Å². The van der Waals surface area contributed by atoms with Gasteiger partial charge >= 0.3 is 6.18 Å². The van der Waals surface area contributed by atoms with Crippen molar-refractivity contribution in [3.63, 3.8) is 0 Å². The Kier molecular flexibility index (Phi) is 3.49. The first kappa shape index (κ1) is 13.8. The van der Waals surface area contributed by atoms with Crippen molar-refractivity contribution in [3.8, 4) is 11.4 Å². The van der Waals surface area contributed by atoms with Crippen LogP contribution in [0.2, 0.25) is 0 Å². The second kappa shape index (κ2) is 4.80. The molecule has 0 unspecified atom stereocenters. The molecule has 102 valence electrons. The zero-order valence-corrected chi connectivity index (χ0v) is 10.4. The minimum Gasteiger partial charge on any atom is -0.313 e. The van der Waals surface area contributed by atoms with Gasteiger partial charge in [-0.15, -0.1) is 21.8 Å². The molecule has 8 heteroatoms. The highest BCUT2D eigenvalue weighted by Crippen LogP contribution is 2.33. The third kappa shape index (κ3) is 2.56. The molecule has 0 bridgehead atoms. The number of alkyl halides is 4. The summed E-state index contributed by atoms with van der Waals surface area (Å²) in [5, 5.41) is 7.34. The molecule has 0 atom stereocenters. The van der Waals surface area contributed by atoms with E-state index < -0.39 is 17.6 Å². The third-order valence-corrected chi connectivity index (χ3v) is 2.86. The van der Waals surface area contributed by atoms with Gasteiger partial charge < -0.3 is 4.57 Å². The van der Waals surface area contributed by atoms with E-state index in [4.69, 9.17) is 11.6 Å². The van der Waals surface area contributed by atoms with Gasteiger partial charge in [0.05, 0.1) is 17.0 Å². The highest BCUT2D eigenvalue weighted by atomic mass is 35.5. The Hall–Kier alpha value is -1.63. The van der Waals surface area contributed by atoms with Gasteiger partial charge in [-0.05, 0) is 18.2 Å². The lowest BCUT2D eigenvalue weighted by Gasteiger charge is -2.09. The average molecular weight is 294 g/mol. The van der Waals surface area contributed by atoms with E-state index in [9.17, 15) is 17.6 Å². The fraction of sp³-hybridized carbons (Fsp3) is 0.273. The minimum absolute atomic E-state index is 0.000694. The molecule has 0 saturated carbocycles. The largest absolute Gasteiger partial charge is 0.416 e. The smallest absolute Gasteiger partial charge is 0.313 e. The van der Waals surface area contributed by atoms with Crippen LogP contribution < -0.4 is 0 Å². The number of nitrogens with zero attached hydrogens (tertiary/aromatic N) is 3. The molecule has 1 aromatic heterocycles. The first-order chi connectivity index (χ1) is 8.84. The summed E-state index contributed by atoms with van der Waals surface area (Å²) in [6, 6.07) is 2.14. The number of hydrogen-bond acceptors (Lipinski definition) is 2. The quantitative estimate of drug-likeness (QED) is 0.628. The lowest BCUT2D eigenvalue weighted by atomic mass is 10.1. The van der Waals surface area contributed by atoms with Gasteiger partial charge in [-0.3, -0.25) is 0 Å². The molecule has 1 heterocycles. The van der Waals surface area contributed by atoms with Crippen molar-refractivity contribution in [1.29, 1.82) is 0 Å². The number of rotatable bonds is 2. The van der Waals surface area contributed by atoms with Crippen LogP contribution in [-0.2, 0) is 19.1 Å². The number of benzene rings is 1. The number of hydrogen-bond donors (Lipinski definition) is 0. The Morgan fingerprint density at radius 2 is 1.95 bits per heavy atom. The highest BCUT2D eigenvalue weighted by Gasteiger charge is 2.31. The number of aromatic nitrogens is 3. The molecule has 19 heavy (non-hydrogen) atoms. The molecule has 2 aromatic rings. The molecule has 3 nitrogen and oxygen atoms in total. The summed E-state index contributed by atoms with van der Waals surface area (Å²) >= 11 is 5.58. The minimum atomic E-state index is -4.55. The molecule has 0 N–H and O–H groups in total. The van der Waals surface area contributed by atoms with E-state index in [1.165, 1.54) is 11.6 Å². The third-order valence-electron chi connectivity index (χ3n) is 2.62. The van der Waals surface area contributed by atoms with Crippen LogP contribution in [0.1, 0.15) is 11.4 Å². The van der Waals surface area contributed by atoms with Crippen molar-refractivity contribution in [2.45, 2.75) is 12.1 Å². The predicted octanol–water partition coefficient (Wildman–Crippen LogP) is 3.38. The van der Waals surface area contributed by atoms with Crippen LogP contribution in [-0.4, -0.2) is 14.8 Å². The highest BCUT2D eigenvalue weighted by molar-refractivity contribution is 6.16. The average Bonchev–Trinajstić information content (AvgIpc) is 2.69. The summed E-state index contributed by atoms with van der Waals surface area (Å²) < 4.78 is 52.8. The van der Waals surface area contributed by atoms with E-state index in [2.05, 4.69) is 10.2 Å². The molecule has 0 aliphatic rings. The zero-order valence-electron chi connectivity index (χ0n) is 9.67. The second-order valence-corrected chi connectivity index (χ2v) is 4.09. The van der Waals surface area contributed by atoms with E-state index in [0.29, 0.717) is 18.0 Å². The van der Waals surface area contributed by atoms with E-state index in [0.717, 1.165) is 6.07 Å². The molecule has 0 amide bonds. The maximum Gasteiger partial charge on any atom is 0.416 e. The second-order valence-electron chi connectivity index (χ2n) is 3.82. The van der Waals surface area contributed by atoms with E-state index >= 15 is 0 Å². The van der Waals surface area contributed by atoms with E-state index in [1.807, 2.05) is 0 Å². The summed E-state index contributed by atoms with van der Waals surface area (Å²) in [6.07, 6.45) is -4.55. The first-order valence-corrected chi connectivity index (χ1v) is 5.69. The molecule has 0 aliphatic heterocycles. The van der Waals surface area contributed by atoms with Crippen LogP contribution in [0.4, 0.5) is 17.6 Å². The van der Waals surface area contributed by atoms with Crippen molar-refractivity contribution in [2.24, 2.45) is 7.05 Å². The lowest BCUT2D eigenvalue weighted by Crippen LogP contribution is -2.06. The van der Waals surface area contributed by atoms with Crippen molar-refractivity contribution in [2.75, 3.05) is 0 Å². The number of halogens is 5. The van der Waals surface area contributed by atoms with Crippen LogP contribution in [0.15, 0.2) is 18.2 Å². The van der Waals surface area contributed by atoms with Gasteiger partial charge in [0, 0.05) is 7.05 Å². The summed E-state index contributed by atoms with van der Waals surface area (Å²) in [5.74, 6) is -0.429. The van der Waals surface area contributed by atoms with Gasteiger partial charge in [0.1, 0.15) is 11.6 Å². The lowest BCUT2D eigenvalue weighted by molar-refractivity contribution is -0.137. The Morgan fingerprint density at radius 1 is 1.26 bits per heavy atom. The zero-order chi connectivity index (χ0) is 14.2. The topological polar surface area (TPSA) is 30.7 Å². The molecule has 0 radical (unpaired) electrons. The van der Waals surface area contributed by atoms with E-state index in [-0.39, 0.29) is 17.3 Å². The van der Waals surface area contributed by atoms with Gasteiger partial charge in [0.2, 0.25) is 0 Å². The summed E-state index contributed by atoms with van der Waals surface area (Å²) in [4.78, 5) is 0. The van der Waals surface area contributed by atoms with Gasteiger partial charge in [0.25, 0.3) is 0 Å². The fourth-order valence-electron chi connectivity index (χ4n) is 1.59. The van der Waals surface area contributed by atoms with Crippen LogP contribution in [0, 0.1) is 5.82 Å². The molecule has 2 rings (SSSR count). The van der Waals surface area contributed by atoms with Gasteiger partial charge in [-0.2, -0.15) is 13.2 Å². The van der Waals surface area contributed by atoms with Crippen LogP contribution in [0.25, 0.3) is 11.4 Å². The molecular formula is C11H8ClF4N3. The summed E-state index contributed by atoms with van der Waals surface area (Å²) in [5.41, 5.74) is -1.21. The molecule has 0 aliphatic carbocycles. The van der Waals surface area contributed by atoms with E-state index in [1.54, 1.807) is 0 Å². The van der Waals surface area contributed by atoms with Crippen LogP contribution in [0.5, 0.6) is 0 Å². The first-order valence-electron chi connectivity index (χ1n) is 5.16. The maximum absolute atomic E-state index is 13.7. The Labute approximate surface area is 110 Å². The Balaban J connectivity index is 2.58. The fourth-order valence-corrected chi connectivity index (χ4v) is 1.82. The summed E-state index contributed by atoms with van der Waals surface area (Å²) in [7, 11) is 1.51. The molecule has 0 saturated heterocycles. The van der Waals surface area contributed by atoms with Crippen molar-refractivity contribution < 1.29 is 17.6 Å². The SMILES string of the molecule is Cn1c(CCl)nnc1-c1cc(C(F)(F)F)ccc1F. The standard InChI is InChI=1S/C11H8ClF4N3/c1-19-9(5-12)17-18-10(19)7-4-6(11(14,15)16)2-3-8(7)13/h2-4H,5H2,1H3. The van der Waals surface area contributed by atoms with Crippen molar-refractivity contribution in [1.82, 2.24) is 14.8 Å². The monoisotopic (exact) mass is 293 g/mol. The summed E-state index contributed by atoms with van der Waals surface area (Å²) in [6.45, 7) is 0. The predicted molar refractivity (Wildman–Crippen MR) is 61.0 cm³/mol. The van der Waals surface area contributed by atoms with Gasteiger partial charge in [-0.1, -0.05) is 0 Å². The molecule has 1 aromatic carbocycles. The Morgan fingerprint density at radius 3 is 2.47 bits per heavy atom. The maximum atomic E-state index is 13.7. The molecular weight excluding hydrogens is 286 g/mol. The Bertz CT molecular complexity index is 606. The van der Waals surface area contributed by atoms with Crippen LogP contribution >= 0.6 is 11.6 Å². The van der Waals surface area contributed by atoms with Crippen LogP contribution in [0.3, 0.4) is 0 Å². The van der Waals surface area contributed by atoms with Crippen molar-refractivity contribution in [3.05, 3.63) is 35.4 Å². The molecule has 0 spiro atoms. The van der Waals surface area contributed by atoms with Gasteiger partial charge in [-0.25, -0.2) is 4.39 Å². The normalized spacial score (nSPS) is 11.9.